The Morgan fingerprint density at radius 1 is 1.17 bits per heavy atom. The normalized spacial score (nSPS) is 16.7. The van der Waals surface area contributed by atoms with Gasteiger partial charge in [-0.2, -0.15) is 0 Å². The minimum absolute atomic E-state index is 0.317. The minimum atomic E-state index is -0.392. The van der Waals surface area contributed by atoms with Crippen molar-refractivity contribution in [2.75, 3.05) is 7.11 Å². The molecule has 0 N–H and O–H groups in total. The van der Waals surface area contributed by atoms with Gasteiger partial charge in [0.05, 0.1) is 18.2 Å². The third-order valence-corrected chi connectivity index (χ3v) is 3.77. The van der Waals surface area contributed by atoms with E-state index in [4.69, 9.17) is 9.47 Å². The molecule has 0 aromatic heterocycles. The fourth-order valence-corrected chi connectivity index (χ4v) is 2.61. The lowest BCUT2D eigenvalue weighted by Crippen LogP contribution is -2.25. The standard InChI is InChI=1S/C19H16O4/c1-22-18(20)16-8-4-2-6-13(16)10-11-15-12-14-7-3-5-9-17(14)19(21)23-15/h2-11,15H,12H2,1H3/b11-10+. The van der Waals surface area contributed by atoms with E-state index in [1.165, 1.54) is 7.11 Å². The fraction of sp³-hybridized carbons (Fsp3) is 0.158. The van der Waals surface area contributed by atoms with Crippen molar-refractivity contribution in [3.8, 4) is 0 Å². The van der Waals surface area contributed by atoms with E-state index in [0.29, 0.717) is 17.5 Å². The van der Waals surface area contributed by atoms with Crippen molar-refractivity contribution in [3.05, 3.63) is 76.9 Å². The first-order valence-electron chi connectivity index (χ1n) is 7.33. The van der Waals surface area contributed by atoms with E-state index in [2.05, 4.69) is 0 Å². The number of hydrogen-bond acceptors (Lipinski definition) is 4. The van der Waals surface area contributed by atoms with E-state index in [9.17, 15) is 9.59 Å². The number of ether oxygens (including phenoxy) is 2. The molecule has 4 heteroatoms. The third-order valence-electron chi connectivity index (χ3n) is 3.77. The van der Waals surface area contributed by atoms with Crippen molar-refractivity contribution in [1.82, 2.24) is 0 Å². The van der Waals surface area contributed by atoms with E-state index < -0.39 is 5.97 Å². The Morgan fingerprint density at radius 3 is 2.74 bits per heavy atom. The van der Waals surface area contributed by atoms with Crippen LogP contribution in [0, 0.1) is 0 Å². The van der Waals surface area contributed by atoms with Gasteiger partial charge in [0.25, 0.3) is 0 Å². The molecule has 23 heavy (non-hydrogen) atoms. The zero-order valence-electron chi connectivity index (χ0n) is 12.7. The molecule has 0 aliphatic carbocycles. The Labute approximate surface area is 134 Å². The zero-order valence-corrected chi connectivity index (χ0v) is 12.7. The largest absolute Gasteiger partial charge is 0.465 e. The van der Waals surface area contributed by atoms with Crippen molar-refractivity contribution in [2.24, 2.45) is 0 Å². The summed E-state index contributed by atoms with van der Waals surface area (Å²) >= 11 is 0. The van der Waals surface area contributed by atoms with Crippen LogP contribution in [0.4, 0.5) is 0 Å². The molecule has 0 saturated carbocycles. The minimum Gasteiger partial charge on any atom is -0.465 e. The SMILES string of the molecule is COC(=O)c1ccccc1/C=C/C1Cc2ccccc2C(=O)O1. The van der Waals surface area contributed by atoms with Crippen molar-refractivity contribution in [1.29, 1.82) is 0 Å². The molecular formula is C19H16O4. The zero-order chi connectivity index (χ0) is 16.2. The van der Waals surface area contributed by atoms with Crippen molar-refractivity contribution in [3.63, 3.8) is 0 Å². The van der Waals surface area contributed by atoms with Crippen LogP contribution in [0.1, 0.15) is 31.8 Å². The first kappa shape index (κ1) is 15.0. The van der Waals surface area contributed by atoms with Gasteiger partial charge >= 0.3 is 11.9 Å². The van der Waals surface area contributed by atoms with Crippen LogP contribution in [0.25, 0.3) is 6.08 Å². The molecule has 0 fully saturated rings. The number of esters is 2. The highest BCUT2D eigenvalue weighted by molar-refractivity contribution is 5.94. The Balaban J connectivity index is 1.83. The molecule has 0 spiro atoms. The lowest BCUT2D eigenvalue weighted by atomic mass is 9.97. The van der Waals surface area contributed by atoms with Gasteiger partial charge in [0.1, 0.15) is 6.10 Å². The van der Waals surface area contributed by atoms with E-state index in [1.54, 1.807) is 30.4 Å². The first-order valence-corrected chi connectivity index (χ1v) is 7.33. The molecule has 1 aliphatic rings. The number of hydrogen-bond donors (Lipinski definition) is 0. The average Bonchev–Trinajstić information content (AvgIpc) is 2.59. The maximum absolute atomic E-state index is 12.0. The fourth-order valence-electron chi connectivity index (χ4n) is 2.61. The number of rotatable bonds is 3. The van der Waals surface area contributed by atoms with Crippen LogP contribution in [0.3, 0.4) is 0 Å². The van der Waals surface area contributed by atoms with E-state index >= 15 is 0 Å². The van der Waals surface area contributed by atoms with Gasteiger partial charge in [-0.25, -0.2) is 9.59 Å². The average molecular weight is 308 g/mol. The first-order chi connectivity index (χ1) is 11.2. The number of benzene rings is 2. The Hall–Kier alpha value is -2.88. The lowest BCUT2D eigenvalue weighted by Gasteiger charge is -2.22. The van der Waals surface area contributed by atoms with Crippen molar-refractivity contribution < 1.29 is 19.1 Å². The van der Waals surface area contributed by atoms with Crippen LogP contribution in [0.2, 0.25) is 0 Å². The monoisotopic (exact) mass is 308 g/mol. The molecule has 1 atom stereocenters. The molecule has 0 radical (unpaired) electrons. The Kier molecular flexibility index (Phi) is 4.24. The number of methoxy groups -OCH3 is 1. The second-order valence-corrected chi connectivity index (χ2v) is 5.24. The van der Waals surface area contributed by atoms with Crippen LogP contribution in [-0.2, 0) is 15.9 Å². The lowest BCUT2D eigenvalue weighted by molar-refractivity contribution is 0.0358. The van der Waals surface area contributed by atoms with Crippen molar-refractivity contribution >= 4 is 18.0 Å². The Bertz CT molecular complexity index is 776. The van der Waals surface area contributed by atoms with Crippen molar-refractivity contribution in [2.45, 2.75) is 12.5 Å². The second kappa shape index (κ2) is 6.48. The summed E-state index contributed by atoms with van der Waals surface area (Å²) in [7, 11) is 1.35. The smallest absolute Gasteiger partial charge is 0.339 e. The molecule has 116 valence electrons. The van der Waals surface area contributed by atoms with Gasteiger partial charge in [-0.3, -0.25) is 0 Å². The quantitative estimate of drug-likeness (QED) is 0.817. The summed E-state index contributed by atoms with van der Waals surface area (Å²) in [6, 6.07) is 14.6. The number of cyclic esters (lactones) is 1. The van der Waals surface area contributed by atoms with Gasteiger partial charge in [0.15, 0.2) is 0 Å². The van der Waals surface area contributed by atoms with E-state index in [-0.39, 0.29) is 12.1 Å². The van der Waals surface area contributed by atoms with Crippen LogP contribution < -0.4 is 0 Å². The third kappa shape index (κ3) is 3.16. The molecule has 3 rings (SSSR count). The molecule has 2 aromatic carbocycles. The predicted molar refractivity (Wildman–Crippen MR) is 86.2 cm³/mol. The van der Waals surface area contributed by atoms with Gasteiger partial charge in [-0.15, -0.1) is 0 Å². The van der Waals surface area contributed by atoms with Gasteiger partial charge in [-0.05, 0) is 29.3 Å². The maximum Gasteiger partial charge on any atom is 0.339 e. The molecule has 0 bridgehead atoms. The van der Waals surface area contributed by atoms with Gasteiger partial charge in [-0.1, -0.05) is 42.5 Å². The molecule has 1 heterocycles. The van der Waals surface area contributed by atoms with Crippen LogP contribution >= 0.6 is 0 Å². The summed E-state index contributed by atoms with van der Waals surface area (Å²) < 4.78 is 10.2. The molecule has 4 nitrogen and oxygen atoms in total. The molecule has 0 saturated heterocycles. The summed E-state index contributed by atoms with van der Waals surface area (Å²) in [5, 5.41) is 0. The van der Waals surface area contributed by atoms with Gasteiger partial charge in [0, 0.05) is 6.42 Å². The van der Waals surface area contributed by atoms with Gasteiger partial charge < -0.3 is 9.47 Å². The maximum atomic E-state index is 12.0. The predicted octanol–water partition coefficient (Wildman–Crippen LogP) is 3.27. The number of carbonyl (C=O) groups is 2. The van der Waals surface area contributed by atoms with Crippen LogP contribution in [0.15, 0.2) is 54.6 Å². The molecule has 2 aromatic rings. The highest BCUT2D eigenvalue weighted by Gasteiger charge is 2.24. The summed E-state index contributed by atoms with van der Waals surface area (Å²) in [6.07, 6.45) is 3.87. The summed E-state index contributed by atoms with van der Waals surface area (Å²) in [6.45, 7) is 0. The highest BCUT2D eigenvalue weighted by Crippen LogP contribution is 2.22. The van der Waals surface area contributed by atoms with Crippen LogP contribution in [-0.4, -0.2) is 25.2 Å². The highest BCUT2D eigenvalue weighted by atomic mass is 16.5. The summed E-state index contributed by atoms with van der Waals surface area (Å²) in [5.74, 6) is -0.709. The number of fused-ring (bicyclic) bond motifs is 1. The molecule has 1 aliphatic heterocycles. The molecule has 0 amide bonds. The summed E-state index contributed by atoms with van der Waals surface area (Å²) in [4.78, 5) is 23.8. The second-order valence-electron chi connectivity index (χ2n) is 5.24. The van der Waals surface area contributed by atoms with E-state index in [0.717, 1.165) is 11.1 Å². The summed E-state index contributed by atoms with van der Waals surface area (Å²) in [5.41, 5.74) is 2.80. The molecule has 1 unspecified atom stereocenters. The Morgan fingerprint density at radius 2 is 1.91 bits per heavy atom. The molecular weight excluding hydrogens is 292 g/mol. The topological polar surface area (TPSA) is 52.6 Å². The number of carbonyl (C=O) groups excluding carboxylic acids is 2. The van der Waals surface area contributed by atoms with Crippen LogP contribution in [0.5, 0.6) is 0 Å². The van der Waals surface area contributed by atoms with Gasteiger partial charge in [0.2, 0.25) is 0 Å². The van der Waals surface area contributed by atoms with E-state index in [1.807, 2.05) is 30.3 Å².